The van der Waals surface area contributed by atoms with E-state index in [0.29, 0.717) is 16.2 Å². The van der Waals surface area contributed by atoms with E-state index >= 15 is 0 Å². The van der Waals surface area contributed by atoms with Gasteiger partial charge in [0.1, 0.15) is 4.90 Å². The lowest BCUT2D eigenvalue weighted by Crippen LogP contribution is -2.10. The van der Waals surface area contributed by atoms with Crippen LogP contribution in [0, 0.1) is 0 Å². The highest BCUT2D eigenvalue weighted by atomic mass is 79.9. The molecule has 0 aliphatic rings. The first-order chi connectivity index (χ1) is 13.9. The molecule has 1 heterocycles. The Labute approximate surface area is 177 Å². The predicted octanol–water partition coefficient (Wildman–Crippen LogP) is 4.73. The number of benzene rings is 3. The maximum atomic E-state index is 13.5. The van der Waals surface area contributed by atoms with E-state index in [9.17, 15) is 16.8 Å². The quantitative estimate of drug-likeness (QED) is 0.410. The monoisotopic (exact) mass is 489 g/mol. The summed E-state index contributed by atoms with van der Waals surface area (Å²) in [6, 6.07) is 20.8. The van der Waals surface area contributed by atoms with Crippen LogP contribution in [0.15, 0.2) is 98.6 Å². The van der Waals surface area contributed by atoms with E-state index in [2.05, 4.69) is 20.9 Å². The first-order valence-electron chi connectivity index (χ1n) is 8.66. The second-order valence-corrected chi connectivity index (χ2v) is 10.8. The summed E-state index contributed by atoms with van der Waals surface area (Å²) in [5.41, 5.74) is 1.36. The Morgan fingerprint density at radius 2 is 1.28 bits per heavy atom. The number of hydrogen-bond donors (Lipinski definition) is 1. The van der Waals surface area contributed by atoms with E-state index in [1.165, 1.54) is 24.3 Å². The van der Waals surface area contributed by atoms with Crippen LogP contribution in [0.25, 0.3) is 10.9 Å². The fraction of sp³-hybridized carbons (Fsp3) is 0.0476. The molecular weight excluding hydrogens is 474 g/mol. The summed E-state index contributed by atoms with van der Waals surface area (Å²) in [5.74, 6) is 0. The fourth-order valence-electron chi connectivity index (χ4n) is 3.14. The van der Waals surface area contributed by atoms with E-state index in [-0.39, 0.29) is 19.7 Å². The normalized spacial score (nSPS) is 12.3. The molecule has 0 saturated carbocycles. The van der Waals surface area contributed by atoms with E-state index in [1.54, 1.807) is 54.6 Å². The van der Waals surface area contributed by atoms with Crippen molar-refractivity contribution < 1.29 is 16.8 Å². The highest BCUT2D eigenvalue weighted by Gasteiger charge is 2.33. The Bertz CT molecular complexity index is 1390. The van der Waals surface area contributed by atoms with Gasteiger partial charge in [-0.15, -0.1) is 0 Å². The second-order valence-electron chi connectivity index (χ2n) is 6.43. The molecule has 5 nitrogen and oxygen atoms in total. The molecule has 0 radical (unpaired) electrons. The van der Waals surface area contributed by atoms with Gasteiger partial charge in [0, 0.05) is 16.2 Å². The summed E-state index contributed by atoms with van der Waals surface area (Å²) in [6.07, 6.45) is 0. The highest BCUT2D eigenvalue weighted by Crippen LogP contribution is 2.36. The van der Waals surface area contributed by atoms with Gasteiger partial charge in [-0.05, 0) is 35.9 Å². The first kappa shape index (κ1) is 19.9. The Hall–Kier alpha value is -2.42. The lowest BCUT2D eigenvalue weighted by molar-refractivity contribution is 0.581. The average molecular weight is 490 g/mol. The van der Waals surface area contributed by atoms with Crippen molar-refractivity contribution in [1.82, 2.24) is 4.98 Å². The summed E-state index contributed by atoms with van der Waals surface area (Å²) in [5, 5.41) is 0.606. The molecule has 0 atom stereocenters. The molecular formula is C21H16BrNO4S2. The van der Waals surface area contributed by atoms with Crippen molar-refractivity contribution in [3.63, 3.8) is 0 Å². The van der Waals surface area contributed by atoms with Crippen molar-refractivity contribution in [2.45, 2.75) is 25.0 Å². The number of halogens is 1. The van der Waals surface area contributed by atoms with E-state index in [4.69, 9.17) is 0 Å². The van der Waals surface area contributed by atoms with Crippen LogP contribution in [0.5, 0.6) is 0 Å². The number of aromatic nitrogens is 1. The minimum absolute atomic E-state index is 0.0256. The standard InChI is InChI=1S/C21H16BrNO4S2/c22-14-15-10-12-17(13-11-15)28(24,25)20-18-8-4-5-9-19(18)23-21(20)29(26,27)16-6-2-1-3-7-16/h1-13,23H,14H2. The number of nitrogens with one attached hydrogen (secondary N) is 1. The number of alkyl halides is 1. The van der Waals surface area contributed by atoms with E-state index in [0.717, 1.165) is 5.56 Å². The second kappa shape index (κ2) is 7.44. The van der Waals surface area contributed by atoms with Crippen LogP contribution in [-0.2, 0) is 25.0 Å². The maximum Gasteiger partial charge on any atom is 0.223 e. The fourth-order valence-corrected chi connectivity index (χ4v) is 7.01. The minimum atomic E-state index is -4.09. The van der Waals surface area contributed by atoms with Crippen molar-refractivity contribution in [2.75, 3.05) is 0 Å². The number of H-pyrrole nitrogens is 1. The van der Waals surface area contributed by atoms with Crippen molar-refractivity contribution >= 4 is 46.5 Å². The van der Waals surface area contributed by atoms with Gasteiger partial charge in [-0.1, -0.05) is 64.5 Å². The lowest BCUT2D eigenvalue weighted by atomic mass is 10.2. The number of fused-ring (bicyclic) bond motifs is 1. The largest absolute Gasteiger partial charge is 0.344 e. The third-order valence-corrected chi connectivity index (χ3v) is 8.97. The van der Waals surface area contributed by atoms with Gasteiger partial charge in [0.25, 0.3) is 0 Å². The van der Waals surface area contributed by atoms with Crippen LogP contribution in [0.1, 0.15) is 5.56 Å². The third kappa shape index (κ3) is 3.41. The number of rotatable bonds is 5. The first-order valence-corrected chi connectivity index (χ1v) is 12.8. The van der Waals surface area contributed by atoms with E-state index in [1.807, 2.05) is 0 Å². The summed E-state index contributed by atoms with van der Waals surface area (Å²) >= 11 is 3.33. The SMILES string of the molecule is O=S(=O)(c1ccccc1)c1[nH]c2ccccc2c1S(=O)(=O)c1ccc(CBr)cc1. The smallest absolute Gasteiger partial charge is 0.223 e. The molecule has 0 aliphatic heterocycles. The van der Waals surface area contributed by atoms with E-state index < -0.39 is 19.7 Å². The topological polar surface area (TPSA) is 84.1 Å². The number of sulfone groups is 2. The zero-order chi connectivity index (χ0) is 20.6. The van der Waals surface area contributed by atoms with Crippen molar-refractivity contribution in [3.8, 4) is 0 Å². The van der Waals surface area contributed by atoms with Crippen molar-refractivity contribution in [2.24, 2.45) is 0 Å². The van der Waals surface area contributed by atoms with Gasteiger partial charge in [-0.3, -0.25) is 0 Å². The van der Waals surface area contributed by atoms with Crippen molar-refractivity contribution in [3.05, 3.63) is 84.4 Å². The Kier molecular flexibility index (Phi) is 5.10. The summed E-state index contributed by atoms with van der Waals surface area (Å²) in [4.78, 5) is 2.66. The molecule has 1 aromatic heterocycles. The molecule has 8 heteroatoms. The van der Waals surface area contributed by atoms with Gasteiger partial charge in [0.2, 0.25) is 19.7 Å². The molecule has 148 valence electrons. The summed E-state index contributed by atoms with van der Waals surface area (Å²) in [6.45, 7) is 0. The Morgan fingerprint density at radius 1 is 0.690 bits per heavy atom. The molecule has 1 N–H and O–H groups in total. The molecule has 0 fully saturated rings. The molecule has 0 amide bonds. The molecule has 0 spiro atoms. The highest BCUT2D eigenvalue weighted by molar-refractivity contribution is 9.08. The molecule has 0 bridgehead atoms. The minimum Gasteiger partial charge on any atom is -0.344 e. The van der Waals surface area contributed by atoms with Crippen molar-refractivity contribution in [1.29, 1.82) is 0 Å². The van der Waals surface area contributed by atoms with Gasteiger partial charge in [0.15, 0.2) is 5.03 Å². The Balaban J connectivity index is 2.02. The summed E-state index contributed by atoms with van der Waals surface area (Å²) < 4.78 is 53.6. The number of hydrogen-bond acceptors (Lipinski definition) is 4. The third-order valence-electron chi connectivity index (χ3n) is 4.61. The maximum absolute atomic E-state index is 13.5. The van der Waals surface area contributed by atoms with Crippen LogP contribution < -0.4 is 0 Å². The van der Waals surface area contributed by atoms with Crippen LogP contribution in [0.2, 0.25) is 0 Å². The van der Waals surface area contributed by atoms with Crippen LogP contribution in [0.4, 0.5) is 0 Å². The average Bonchev–Trinajstić information content (AvgIpc) is 3.16. The number of aromatic amines is 1. The predicted molar refractivity (Wildman–Crippen MR) is 115 cm³/mol. The van der Waals surface area contributed by atoms with Gasteiger partial charge in [-0.25, -0.2) is 16.8 Å². The molecule has 4 rings (SSSR count). The summed E-state index contributed by atoms with van der Waals surface area (Å²) in [7, 11) is -8.17. The molecule has 29 heavy (non-hydrogen) atoms. The Morgan fingerprint density at radius 3 is 1.93 bits per heavy atom. The molecule has 0 aliphatic carbocycles. The molecule has 4 aromatic rings. The van der Waals surface area contributed by atoms with Gasteiger partial charge in [0.05, 0.1) is 9.79 Å². The van der Waals surface area contributed by atoms with Crippen LogP contribution in [0.3, 0.4) is 0 Å². The zero-order valence-electron chi connectivity index (χ0n) is 15.0. The van der Waals surface area contributed by atoms with Gasteiger partial charge in [-0.2, -0.15) is 0 Å². The lowest BCUT2D eigenvalue weighted by Gasteiger charge is -2.09. The van der Waals surface area contributed by atoms with Crippen LogP contribution in [-0.4, -0.2) is 21.8 Å². The molecule has 0 unspecified atom stereocenters. The van der Waals surface area contributed by atoms with Gasteiger partial charge < -0.3 is 4.98 Å². The molecule has 0 saturated heterocycles. The van der Waals surface area contributed by atoms with Crippen LogP contribution >= 0.6 is 15.9 Å². The molecule has 3 aromatic carbocycles. The zero-order valence-corrected chi connectivity index (χ0v) is 18.3. The number of para-hydroxylation sites is 1. The van der Waals surface area contributed by atoms with Gasteiger partial charge >= 0.3 is 0 Å².